The molecule has 1 heterocycles. The first-order valence-corrected chi connectivity index (χ1v) is 6.01. The van der Waals surface area contributed by atoms with Gasteiger partial charge in [0, 0.05) is 18.5 Å². The zero-order chi connectivity index (χ0) is 13.3. The van der Waals surface area contributed by atoms with Crippen LogP contribution in [0.1, 0.15) is 23.2 Å². The van der Waals surface area contributed by atoms with Crippen LogP contribution in [-0.2, 0) is 0 Å². The fourth-order valence-electron chi connectivity index (χ4n) is 1.91. The Morgan fingerprint density at radius 2 is 1.78 bits per heavy atom. The second-order valence-corrected chi connectivity index (χ2v) is 4.81. The topological polar surface area (TPSA) is 20.3 Å². The molecule has 98 valence electrons. The van der Waals surface area contributed by atoms with Crippen LogP contribution in [0.3, 0.4) is 0 Å². The van der Waals surface area contributed by atoms with Gasteiger partial charge in [0.25, 0.3) is 5.91 Å². The second kappa shape index (κ2) is 5.18. The van der Waals surface area contributed by atoms with E-state index in [0.717, 1.165) is 12.1 Å². The number of hydrogen-bond acceptors (Lipinski definition) is 1. The predicted molar refractivity (Wildman–Crippen MR) is 61.1 cm³/mol. The highest BCUT2D eigenvalue weighted by atomic mass is 35.5. The number of carbonyl (C=O) groups excluding carboxylic acids is 1. The van der Waals surface area contributed by atoms with Crippen LogP contribution in [0.15, 0.2) is 12.1 Å². The van der Waals surface area contributed by atoms with Crippen molar-refractivity contribution in [1.29, 1.82) is 0 Å². The number of rotatable bonds is 1. The SMILES string of the molecule is O=C(c1ccc(F)c(F)c1F)N1CCC(Cl)CC1. The first kappa shape index (κ1) is 13.2. The van der Waals surface area contributed by atoms with Crippen molar-refractivity contribution < 1.29 is 18.0 Å². The summed E-state index contributed by atoms with van der Waals surface area (Å²) in [6.45, 7) is 0.789. The quantitative estimate of drug-likeness (QED) is 0.571. The first-order chi connectivity index (χ1) is 8.50. The van der Waals surface area contributed by atoms with Crippen LogP contribution >= 0.6 is 11.6 Å². The second-order valence-electron chi connectivity index (χ2n) is 4.19. The Balaban J connectivity index is 2.21. The van der Waals surface area contributed by atoms with Gasteiger partial charge in [0.15, 0.2) is 17.5 Å². The molecular formula is C12H11ClF3NO. The molecule has 0 spiro atoms. The summed E-state index contributed by atoms with van der Waals surface area (Å²) in [5.74, 6) is -4.99. The van der Waals surface area contributed by atoms with Gasteiger partial charge in [-0.25, -0.2) is 13.2 Å². The van der Waals surface area contributed by atoms with Crippen LogP contribution in [-0.4, -0.2) is 29.3 Å². The number of amides is 1. The molecule has 0 unspecified atom stereocenters. The van der Waals surface area contributed by atoms with E-state index in [1.165, 1.54) is 4.90 Å². The van der Waals surface area contributed by atoms with E-state index < -0.39 is 28.9 Å². The lowest BCUT2D eigenvalue weighted by molar-refractivity contribution is 0.0720. The van der Waals surface area contributed by atoms with Crippen molar-refractivity contribution in [1.82, 2.24) is 4.90 Å². The normalized spacial score (nSPS) is 17.0. The van der Waals surface area contributed by atoms with Gasteiger partial charge in [-0.15, -0.1) is 11.6 Å². The Morgan fingerprint density at radius 1 is 1.17 bits per heavy atom. The van der Waals surface area contributed by atoms with E-state index in [1.54, 1.807) is 0 Å². The van der Waals surface area contributed by atoms with Crippen molar-refractivity contribution in [2.45, 2.75) is 18.2 Å². The highest BCUT2D eigenvalue weighted by Crippen LogP contribution is 2.21. The lowest BCUT2D eigenvalue weighted by atomic mass is 10.1. The van der Waals surface area contributed by atoms with E-state index in [2.05, 4.69) is 0 Å². The van der Waals surface area contributed by atoms with Gasteiger partial charge in [-0.05, 0) is 25.0 Å². The Labute approximate surface area is 107 Å². The average Bonchev–Trinajstić information content (AvgIpc) is 2.36. The minimum Gasteiger partial charge on any atom is -0.338 e. The van der Waals surface area contributed by atoms with Crippen molar-refractivity contribution in [3.05, 3.63) is 35.1 Å². The van der Waals surface area contributed by atoms with Crippen LogP contribution in [0.5, 0.6) is 0 Å². The molecule has 2 nitrogen and oxygen atoms in total. The molecule has 1 aromatic rings. The van der Waals surface area contributed by atoms with E-state index in [1.807, 2.05) is 0 Å². The largest absolute Gasteiger partial charge is 0.338 e. The van der Waals surface area contributed by atoms with Crippen LogP contribution in [0.25, 0.3) is 0 Å². The highest BCUT2D eigenvalue weighted by molar-refractivity contribution is 6.20. The molecule has 2 rings (SSSR count). The Hall–Kier alpha value is -1.23. The Bertz CT molecular complexity index is 473. The van der Waals surface area contributed by atoms with Crippen molar-refractivity contribution in [2.75, 3.05) is 13.1 Å². The fraction of sp³-hybridized carbons (Fsp3) is 0.417. The molecule has 1 fully saturated rings. The molecule has 6 heteroatoms. The Morgan fingerprint density at radius 3 is 2.39 bits per heavy atom. The van der Waals surface area contributed by atoms with Crippen molar-refractivity contribution in [3.8, 4) is 0 Å². The molecule has 1 aliphatic rings. The molecule has 0 radical (unpaired) electrons. The number of benzene rings is 1. The molecule has 18 heavy (non-hydrogen) atoms. The summed E-state index contributed by atoms with van der Waals surface area (Å²) < 4.78 is 39.3. The van der Waals surface area contributed by atoms with Crippen LogP contribution < -0.4 is 0 Å². The maximum Gasteiger partial charge on any atom is 0.256 e. The fourth-order valence-corrected chi connectivity index (χ4v) is 2.11. The van der Waals surface area contributed by atoms with E-state index >= 15 is 0 Å². The molecule has 1 aromatic carbocycles. The summed E-state index contributed by atoms with van der Waals surface area (Å²) in [5.41, 5.74) is -0.443. The number of hydrogen-bond donors (Lipinski definition) is 0. The molecule has 1 aliphatic heterocycles. The van der Waals surface area contributed by atoms with Gasteiger partial charge in [0.05, 0.1) is 5.56 Å². The van der Waals surface area contributed by atoms with Gasteiger partial charge in [-0.3, -0.25) is 4.79 Å². The molecule has 0 aromatic heterocycles. The van der Waals surface area contributed by atoms with Crippen molar-refractivity contribution in [3.63, 3.8) is 0 Å². The summed E-state index contributed by atoms with van der Waals surface area (Å²) in [6.07, 6.45) is 1.22. The lowest BCUT2D eigenvalue weighted by Gasteiger charge is -2.29. The summed E-state index contributed by atoms with van der Waals surface area (Å²) in [7, 11) is 0. The summed E-state index contributed by atoms with van der Waals surface area (Å²) >= 11 is 5.89. The van der Waals surface area contributed by atoms with Crippen LogP contribution in [0.4, 0.5) is 13.2 Å². The van der Waals surface area contributed by atoms with Gasteiger partial charge in [-0.1, -0.05) is 0 Å². The zero-order valence-electron chi connectivity index (χ0n) is 9.43. The lowest BCUT2D eigenvalue weighted by Crippen LogP contribution is -2.39. The summed E-state index contributed by atoms with van der Waals surface area (Å²) in [4.78, 5) is 13.3. The van der Waals surface area contributed by atoms with Crippen LogP contribution in [0.2, 0.25) is 0 Å². The number of carbonyl (C=O) groups is 1. The van der Waals surface area contributed by atoms with Gasteiger partial charge in [-0.2, -0.15) is 0 Å². The van der Waals surface area contributed by atoms with Gasteiger partial charge in [0.2, 0.25) is 0 Å². The van der Waals surface area contributed by atoms with Gasteiger partial charge in [0.1, 0.15) is 0 Å². The average molecular weight is 278 g/mol. The number of nitrogens with zero attached hydrogens (tertiary/aromatic N) is 1. The third-order valence-corrected chi connectivity index (χ3v) is 3.41. The minimum absolute atomic E-state index is 0.00357. The molecule has 1 amide bonds. The maximum absolute atomic E-state index is 13.5. The van der Waals surface area contributed by atoms with Crippen molar-refractivity contribution in [2.24, 2.45) is 0 Å². The molecule has 0 bridgehead atoms. The number of alkyl halides is 1. The predicted octanol–water partition coefficient (Wildman–Crippen LogP) is 2.95. The molecule has 0 aliphatic carbocycles. The number of halogens is 4. The third kappa shape index (κ3) is 2.46. The minimum atomic E-state index is -1.62. The monoisotopic (exact) mass is 277 g/mol. The zero-order valence-corrected chi connectivity index (χ0v) is 10.2. The number of likely N-dealkylation sites (tertiary alicyclic amines) is 1. The first-order valence-electron chi connectivity index (χ1n) is 5.57. The summed E-state index contributed by atoms with van der Waals surface area (Å²) in [5, 5.41) is 0.00357. The van der Waals surface area contributed by atoms with E-state index in [0.29, 0.717) is 25.9 Å². The molecule has 0 N–H and O–H groups in total. The maximum atomic E-state index is 13.5. The van der Waals surface area contributed by atoms with Crippen LogP contribution in [0, 0.1) is 17.5 Å². The van der Waals surface area contributed by atoms with Gasteiger partial charge >= 0.3 is 0 Å². The van der Waals surface area contributed by atoms with E-state index in [9.17, 15) is 18.0 Å². The van der Waals surface area contributed by atoms with E-state index in [4.69, 9.17) is 11.6 Å². The molecule has 0 atom stereocenters. The number of piperidine rings is 1. The third-order valence-electron chi connectivity index (χ3n) is 2.98. The molecular weight excluding hydrogens is 267 g/mol. The highest BCUT2D eigenvalue weighted by Gasteiger charge is 2.26. The standard InChI is InChI=1S/C12H11ClF3NO/c13-7-3-5-17(6-4-7)12(18)8-1-2-9(14)11(16)10(8)15/h1-2,7H,3-6H2. The molecule has 0 saturated carbocycles. The van der Waals surface area contributed by atoms with Gasteiger partial charge < -0.3 is 4.90 Å². The van der Waals surface area contributed by atoms with Crippen molar-refractivity contribution >= 4 is 17.5 Å². The van der Waals surface area contributed by atoms with E-state index in [-0.39, 0.29) is 5.38 Å². The summed E-state index contributed by atoms with van der Waals surface area (Å²) in [6, 6.07) is 1.71. The molecule has 1 saturated heterocycles. The smallest absolute Gasteiger partial charge is 0.256 e. The Kier molecular flexibility index (Phi) is 3.80.